The molecule has 1 aromatic heterocycles. The van der Waals surface area contributed by atoms with Crippen LogP contribution in [0.1, 0.15) is 17.7 Å². The van der Waals surface area contributed by atoms with Gasteiger partial charge in [0, 0.05) is 18.3 Å². The van der Waals surface area contributed by atoms with E-state index in [1.807, 2.05) is 0 Å². The number of rotatable bonds is 14. The summed E-state index contributed by atoms with van der Waals surface area (Å²) in [6.45, 7) is -0.869. The Balaban J connectivity index is 2.03. The maximum atomic E-state index is 12.7. The third-order valence-electron chi connectivity index (χ3n) is 5.18. The molecule has 0 radical (unpaired) electrons. The number of nitrogens with zero attached hydrogens (tertiary/aromatic N) is 1. The van der Waals surface area contributed by atoms with E-state index in [4.69, 9.17) is 11.5 Å². The van der Waals surface area contributed by atoms with Gasteiger partial charge in [-0.05, 0) is 24.1 Å². The summed E-state index contributed by atoms with van der Waals surface area (Å²) in [6, 6.07) is 0.272. The second-order valence-electron chi connectivity index (χ2n) is 8.13. The number of aliphatic hydroxyl groups excluding tert-OH is 1. The van der Waals surface area contributed by atoms with Crippen LogP contribution >= 0.6 is 0 Å². The number of aliphatic hydroxyl groups is 1. The molecule has 2 rings (SSSR count). The largest absolute Gasteiger partial charge is 0.508 e. The maximum absolute atomic E-state index is 12.7. The summed E-state index contributed by atoms with van der Waals surface area (Å²) in [7, 11) is 0. The smallest absolute Gasteiger partial charge is 0.326 e. The molecule has 1 heterocycles. The average Bonchev–Trinajstić information content (AvgIpc) is 3.35. The highest BCUT2D eigenvalue weighted by Crippen LogP contribution is 2.11. The second-order valence-corrected chi connectivity index (χ2v) is 8.13. The third kappa shape index (κ3) is 9.23. The van der Waals surface area contributed by atoms with Crippen molar-refractivity contribution in [3.05, 3.63) is 48.0 Å². The fraction of sp³-hybridized carbons (Fsp3) is 0.364. The monoisotopic (exact) mass is 519 g/mol. The van der Waals surface area contributed by atoms with Crippen LogP contribution in [0.15, 0.2) is 36.8 Å². The summed E-state index contributed by atoms with van der Waals surface area (Å²) < 4.78 is 0. The molecule has 0 fully saturated rings. The van der Waals surface area contributed by atoms with Gasteiger partial charge in [0.05, 0.1) is 25.4 Å². The molecule has 0 aliphatic rings. The van der Waals surface area contributed by atoms with Crippen LogP contribution in [0.4, 0.5) is 0 Å². The van der Waals surface area contributed by atoms with Crippen LogP contribution in [0.2, 0.25) is 0 Å². The normalized spacial score (nSPS) is 14.0. The molecular formula is C22H29N7O8. The fourth-order valence-corrected chi connectivity index (χ4v) is 3.22. The van der Waals surface area contributed by atoms with Crippen molar-refractivity contribution in [1.29, 1.82) is 0 Å². The molecule has 0 saturated heterocycles. The number of phenols is 1. The number of aromatic nitrogens is 2. The third-order valence-corrected chi connectivity index (χ3v) is 5.18. The minimum absolute atomic E-state index is 0.0318. The Hall–Kier alpha value is -4.50. The fourth-order valence-electron chi connectivity index (χ4n) is 3.22. The van der Waals surface area contributed by atoms with Crippen molar-refractivity contribution in [2.24, 2.45) is 11.5 Å². The predicted molar refractivity (Wildman–Crippen MR) is 126 cm³/mol. The highest BCUT2D eigenvalue weighted by molar-refractivity contribution is 5.96. The molecule has 4 atom stereocenters. The Morgan fingerprint density at radius 2 is 1.51 bits per heavy atom. The van der Waals surface area contributed by atoms with Crippen molar-refractivity contribution >= 4 is 29.6 Å². The Bertz CT molecular complexity index is 1090. The van der Waals surface area contributed by atoms with E-state index in [2.05, 4.69) is 25.9 Å². The van der Waals surface area contributed by atoms with Crippen LogP contribution in [-0.2, 0) is 36.8 Å². The lowest BCUT2D eigenvalue weighted by molar-refractivity contribution is -0.142. The number of aliphatic carboxylic acids is 1. The molecule has 15 heteroatoms. The number of aromatic amines is 1. The minimum Gasteiger partial charge on any atom is -0.508 e. The van der Waals surface area contributed by atoms with Crippen LogP contribution in [-0.4, -0.2) is 85.7 Å². The predicted octanol–water partition coefficient (Wildman–Crippen LogP) is -3.37. The van der Waals surface area contributed by atoms with Gasteiger partial charge in [0.15, 0.2) is 0 Å². The van der Waals surface area contributed by atoms with E-state index >= 15 is 0 Å². The van der Waals surface area contributed by atoms with E-state index in [-0.39, 0.29) is 18.6 Å². The van der Waals surface area contributed by atoms with Gasteiger partial charge in [0.2, 0.25) is 23.6 Å². The first-order chi connectivity index (χ1) is 17.5. The highest BCUT2D eigenvalue weighted by atomic mass is 16.4. The Labute approximate surface area is 210 Å². The average molecular weight is 520 g/mol. The lowest BCUT2D eigenvalue weighted by atomic mass is 10.1. The summed E-state index contributed by atoms with van der Waals surface area (Å²) >= 11 is 0. The molecule has 37 heavy (non-hydrogen) atoms. The van der Waals surface area contributed by atoms with Gasteiger partial charge >= 0.3 is 5.97 Å². The number of hydrogen-bond donors (Lipinski definition) is 9. The summed E-state index contributed by atoms with van der Waals surface area (Å²) in [5.74, 6) is -5.16. The van der Waals surface area contributed by atoms with Crippen molar-refractivity contribution in [2.45, 2.75) is 43.4 Å². The molecule has 4 unspecified atom stereocenters. The van der Waals surface area contributed by atoms with Crippen molar-refractivity contribution in [3.8, 4) is 5.75 Å². The van der Waals surface area contributed by atoms with Crippen molar-refractivity contribution < 1.29 is 39.3 Å². The summed E-state index contributed by atoms with van der Waals surface area (Å²) in [5, 5.41) is 35.1. The van der Waals surface area contributed by atoms with Gasteiger partial charge in [-0.25, -0.2) is 9.78 Å². The van der Waals surface area contributed by atoms with Gasteiger partial charge in [0.25, 0.3) is 0 Å². The van der Waals surface area contributed by atoms with Crippen LogP contribution in [0, 0.1) is 0 Å². The Kier molecular flexibility index (Phi) is 10.5. The number of carboxylic acid groups (broad SMARTS) is 1. The second kappa shape index (κ2) is 13.6. The van der Waals surface area contributed by atoms with E-state index in [1.165, 1.54) is 24.7 Å². The van der Waals surface area contributed by atoms with Crippen LogP contribution < -0.4 is 27.4 Å². The van der Waals surface area contributed by atoms with E-state index in [1.54, 1.807) is 12.1 Å². The number of H-pyrrole nitrogens is 1. The number of nitrogens with two attached hydrogens (primary N) is 2. The number of carbonyl (C=O) groups is 5. The van der Waals surface area contributed by atoms with Gasteiger partial charge in [-0.2, -0.15) is 0 Å². The number of amides is 4. The highest BCUT2D eigenvalue weighted by Gasteiger charge is 2.31. The van der Waals surface area contributed by atoms with E-state index in [9.17, 15) is 39.3 Å². The summed E-state index contributed by atoms with van der Waals surface area (Å²) in [5.41, 5.74) is 12.1. The standard InChI is InChI=1S/C22H29N7O8/c23-14(5-11-1-3-13(31)4-2-11)19(33)29-17(9-30)21(35)27-15(7-18(24)32)20(34)28-16(22(36)37)6-12-8-25-10-26-12/h1-4,8,10,14-17,30-31H,5-7,9,23H2,(H2,24,32)(H,25,26)(H,27,35)(H,28,34)(H,29,33)(H,36,37). The zero-order valence-electron chi connectivity index (χ0n) is 19.6. The molecule has 200 valence electrons. The van der Waals surface area contributed by atoms with Gasteiger partial charge in [-0.15, -0.1) is 0 Å². The first-order valence-corrected chi connectivity index (χ1v) is 11.0. The van der Waals surface area contributed by atoms with Crippen LogP contribution in [0.5, 0.6) is 5.75 Å². The zero-order chi connectivity index (χ0) is 27.5. The number of aromatic hydroxyl groups is 1. The number of hydrogen-bond acceptors (Lipinski definition) is 9. The Morgan fingerprint density at radius 3 is 2.05 bits per heavy atom. The van der Waals surface area contributed by atoms with Gasteiger partial charge in [-0.1, -0.05) is 12.1 Å². The molecule has 1 aromatic carbocycles. The van der Waals surface area contributed by atoms with Gasteiger partial charge in [-0.3, -0.25) is 19.2 Å². The molecule has 0 aliphatic carbocycles. The zero-order valence-corrected chi connectivity index (χ0v) is 19.6. The van der Waals surface area contributed by atoms with Gasteiger partial charge < -0.3 is 47.7 Å². The first kappa shape index (κ1) is 28.7. The summed E-state index contributed by atoms with van der Waals surface area (Å²) in [6.07, 6.45) is 1.91. The number of benzene rings is 1. The molecule has 0 saturated carbocycles. The molecular weight excluding hydrogens is 490 g/mol. The van der Waals surface area contributed by atoms with Crippen molar-refractivity contribution in [1.82, 2.24) is 25.9 Å². The number of phenolic OH excluding ortho intramolecular Hbond substituents is 1. The maximum Gasteiger partial charge on any atom is 0.326 e. The number of imidazole rings is 1. The number of primary amides is 1. The molecule has 0 bridgehead atoms. The first-order valence-electron chi connectivity index (χ1n) is 11.0. The topological polar surface area (TPSA) is 263 Å². The van der Waals surface area contributed by atoms with E-state index in [0.29, 0.717) is 11.3 Å². The number of nitrogens with one attached hydrogen (secondary N) is 4. The molecule has 4 amide bonds. The lowest BCUT2D eigenvalue weighted by Gasteiger charge is -2.23. The molecule has 0 aliphatic heterocycles. The van der Waals surface area contributed by atoms with Crippen LogP contribution in [0.3, 0.4) is 0 Å². The van der Waals surface area contributed by atoms with Gasteiger partial charge in [0.1, 0.15) is 23.9 Å². The number of carboxylic acids is 1. The minimum atomic E-state index is -1.59. The molecule has 2 aromatic rings. The SMILES string of the molecule is NC(=O)CC(NC(=O)C(CO)NC(=O)C(N)Cc1ccc(O)cc1)C(=O)NC(Cc1cnc[nH]1)C(=O)O. The van der Waals surface area contributed by atoms with Crippen molar-refractivity contribution in [3.63, 3.8) is 0 Å². The summed E-state index contributed by atoms with van der Waals surface area (Å²) in [4.78, 5) is 67.4. The molecule has 15 nitrogen and oxygen atoms in total. The Morgan fingerprint density at radius 1 is 0.919 bits per heavy atom. The van der Waals surface area contributed by atoms with Crippen molar-refractivity contribution in [2.75, 3.05) is 6.61 Å². The molecule has 11 N–H and O–H groups in total. The quantitative estimate of drug-likeness (QED) is 0.120. The van der Waals surface area contributed by atoms with E-state index in [0.717, 1.165) is 0 Å². The lowest BCUT2D eigenvalue weighted by Crippen LogP contribution is -2.59. The van der Waals surface area contributed by atoms with Crippen LogP contribution in [0.25, 0.3) is 0 Å². The molecule has 0 spiro atoms. The van der Waals surface area contributed by atoms with E-state index < -0.39 is 66.8 Å². The number of carbonyl (C=O) groups excluding carboxylic acids is 4.